The van der Waals surface area contributed by atoms with E-state index in [1.54, 1.807) is 6.07 Å². The Bertz CT molecular complexity index is 731. The third-order valence-corrected chi connectivity index (χ3v) is 4.22. The summed E-state index contributed by atoms with van der Waals surface area (Å²) in [6.45, 7) is 3.11. The topological polar surface area (TPSA) is 46.6 Å². The largest absolute Gasteiger partial charge is 0.426 e. The standard InChI is InChI=1S/C20H21NO3/c1-15(22)24-19-7-3-2-6-18(19)14-16-8-10-17(11-9-16)20(23)21-12-4-5-13-21/h2-3,6-11H,4-5,12-14H2,1H3. The molecule has 1 heterocycles. The summed E-state index contributed by atoms with van der Waals surface area (Å²) in [4.78, 5) is 25.5. The van der Waals surface area contributed by atoms with E-state index in [1.807, 2.05) is 47.4 Å². The predicted octanol–water partition coefficient (Wildman–Crippen LogP) is 3.44. The average molecular weight is 323 g/mol. The summed E-state index contributed by atoms with van der Waals surface area (Å²) in [7, 11) is 0. The SMILES string of the molecule is CC(=O)Oc1ccccc1Cc1ccc(C(=O)N2CCCC2)cc1. The van der Waals surface area contributed by atoms with Crippen molar-refractivity contribution in [1.29, 1.82) is 0 Å². The minimum absolute atomic E-state index is 0.111. The first-order valence-electron chi connectivity index (χ1n) is 8.28. The fraction of sp³-hybridized carbons (Fsp3) is 0.300. The van der Waals surface area contributed by atoms with Crippen molar-refractivity contribution in [3.63, 3.8) is 0 Å². The van der Waals surface area contributed by atoms with Crippen molar-refractivity contribution in [2.45, 2.75) is 26.2 Å². The molecule has 4 nitrogen and oxygen atoms in total. The van der Waals surface area contributed by atoms with Gasteiger partial charge in [-0.1, -0.05) is 30.3 Å². The summed E-state index contributed by atoms with van der Waals surface area (Å²) >= 11 is 0. The molecular formula is C20H21NO3. The van der Waals surface area contributed by atoms with Crippen LogP contribution in [0.5, 0.6) is 5.75 Å². The highest BCUT2D eigenvalue weighted by Gasteiger charge is 2.19. The Morgan fingerprint density at radius 3 is 2.33 bits per heavy atom. The number of esters is 1. The lowest BCUT2D eigenvalue weighted by atomic mass is 10.0. The third kappa shape index (κ3) is 3.82. The Kier molecular flexibility index (Phi) is 4.94. The predicted molar refractivity (Wildman–Crippen MR) is 92.1 cm³/mol. The Labute approximate surface area is 142 Å². The Morgan fingerprint density at radius 1 is 1.00 bits per heavy atom. The van der Waals surface area contributed by atoms with Crippen molar-refractivity contribution < 1.29 is 14.3 Å². The van der Waals surface area contributed by atoms with Crippen molar-refractivity contribution in [3.05, 3.63) is 65.2 Å². The zero-order chi connectivity index (χ0) is 16.9. The molecule has 0 radical (unpaired) electrons. The number of hydrogen-bond acceptors (Lipinski definition) is 3. The average Bonchev–Trinajstić information content (AvgIpc) is 3.11. The maximum absolute atomic E-state index is 12.4. The molecule has 3 rings (SSSR count). The van der Waals surface area contributed by atoms with Crippen LogP contribution >= 0.6 is 0 Å². The van der Waals surface area contributed by atoms with Gasteiger partial charge < -0.3 is 9.64 Å². The van der Waals surface area contributed by atoms with E-state index < -0.39 is 0 Å². The minimum Gasteiger partial charge on any atom is -0.426 e. The molecule has 124 valence electrons. The number of amides is 1. The lowest BCUT2D eigenvalue weighted by Gasteiger charge is -2.15. The molecule has 0 N–H and O–H groups in total. The van der Waals surface area contributed by atoms with E-state index in [0.717, 1.165) is 42.6 Å². The molecule has 1 amide bonds. The van der Waals surface area contributed by atoms with Gasteiger partial charge in [-0.15, -0.1) is 0 Å². The van der Waals surface area contributed by atoms with Crippen LogP contribution in [0.15, 0.2) is 48.5 Å². The van der Waals surface area contributed by atoms with E-state index in [1.165, 1.54) is 6.92 Å². The molecule has 24 heavy (non-hydrogen) atoms. The van der Waals surface area contributed by atoms with Crippen LogP contribution in [0.25, 0.3) is 0 Å². The quantitative estimate of drug-likeness (QED) is 0.639. The first kappa shape index (κ1) is 16.2. The van der Waals surface area contributed by atoms with Gasteiger partial charge in [-0.3, -0.25) is 9.59 Å². The van der Waals surface area contributed by atoms with Gasteiger partial charge in [-0.05, 0) is 42.2 Å². The number of likely N-dealkylation sites (tertiary alicyclic amines) is 1. The molecule has 1 fully saturated rings. The normalized spacial score (nSPS) is 13.8. The van der Waals surface area contributed by atoms with Crippen molar-refractivity contribution in [1.82, 2.24) is 4.90 Å². The van der Waals surface area contributed by atoms with Crippen molar-refractivity contribution in [2.75, 3.05) is 13.1 Å². The van der Waals surface area contributed by atoms with Gasteiger partial charge in [0.2, 0.25) is 0 Å². The van der Waals surface area contributed by atoms with Crippen LogP contribution in [-0.2, 0) is 11.2 Å². The van der Waals surface area contributed by atoms with Crippen LogP contribution < -0.4 is 4.74 Å². The number of carbonyl (C=O) groups is 2. The molecule has 1 saturated heterocycles. The number of carbonyl (C=O) groups excluding carboxylic acids is 2. The van der Waals surface area contributed by atoms with Gasteiger partial charge in [0.25, 0.3) is 5.91 Å². The number of para-hydroxylation sites is 1. The van der Waals surface area contributed by atoms with Gasteiger partial charge in [-0.25, -0.2) is 0 Å². The lowest BCUT2D eigenvalue weighted by Crippen LogP contribution is -2.27. The Morgan fingerprint density at radius 2 is 1.67 bits per heavy atom. The molecule has 4 heteroatoms. The van der Waals surface area contributed by atoms with Gasteiger partial charge in [-0.2, -0.15) is 0 Å². The molecule has 2 aromatic rings. The molecular weight excluding hydrogens is 302 g/mol. The molecule has 0 saturated carbocycles. The fourth-order valence-electron chi connectivity index (χ4n) is 2.99. The summed E-state index contributed by atoms with van der Waals surface area (Å²) in [5.41, 5.74) is 2.76. The fourth-order valence-corrected chi connectivity index (χ4v) is 2.99. The first-order chi connectivity index (χ1) is 11.6. The van der Waals surface area contributed by atoms with E-state index in [4.69, 9.17) is 4.74 Å². The van der Waals surface area contributed by atoms with Gasteiger partial charge in [0.05, 0.1) is 0 Å². The number of rotatable bonds is 4. The molecule has 0 aromatic heterocycles. The van der Waals surface area contributed by atoms with Gasteiger partial charge >= 0.3 is 5.97 Å². The summed E-state index contributed by atoms with van der Waals surface area (Å²) in [6.07, 6.45) is 2.84. The third-order valence-electron chi connectivity index (χ3n) is 4.22. The van der Waals surface area contributed by atoms with Crippen LogP contribution in [0.2, 0.25) is 0 Å². The van der Waals surface area contributed by atoms with Gasteiger partial charge in [0.1, 0.15) is 5.75 Å². The monoisotopic (exact) mass is 323 g/mol. The number of benzene rings is 2. The summed E-state index contributed by atoms with van der Waals surface area (Å²) < 4.78 is 5.25. The molecule has 2 aromatic carbocycles. The van der Waals surface area contributed by atoms with Gasteiger partial charge in [0.15, 0.2) is 0 Å². The highest BCUT2D eigenvalue weighted by atomic mass is 16.5. The van der Waals surface area contributed by atoms with Crippen molar-refractivity contribution in [2.24, 2.45) is 0 Å². The number of hydrogen-bond donors (Lipinski definition) is 0. The second-order valence-electron chi connectivity index (χ2n) is 6.07. The highest BCUT2D eigenvalue weighted by Crippen LogP contribution is 2.22. The zero-order valence-corrected chi connectivity index (χ0v) is 13.8. The minimum atomic E-state index is -0.325. The maximum Gasteiger partial charge on any atom is 0.308 e. The lowest BCUT2D eigenvalue weighted by molar-refractivity contribution is -0.131. The number of ether oxygens (including phenoxy) is 1. The first-order valence-corrected chi connectivity index (χ1v) is 8.28. The second kappa shape index (κ2) is 7.30. The summed E-state index contributed by atoms with van der Waals surface area (Å²) in [5, 5.41) is 0. The van der Waals surface area contributed by atoms with Crippen LogP contribution in [0, 0.1) is 0 Å². The molecule has 0 bridgehead atoms. The molecule has 0 atom stereocenters. The molecule has 0 spiro atoms. The number of nitrogens with zero attached hydrogens (tertiary/aromatic N) is 1. The summed E-state index contributed by atoms with van der Waals surface area (Å²) in [5.74, 6) is 0.371. The highest BCUT2D eigenvalue weighted by molar-refractivity contribution is 5.94. The van der Waals surface area contributed by atoms with Crippen LogP contribution in [-0.4, -0.2) is 29.9 Å². The Balaban J connectivity index is 1.72. The van der Waals surface area contributed by atoms with Crippen LogP contribution in [0.4, 0.5) is 0 Å². The van der Waals surface area contributed by atoms with Crippen molar-refractivity contribution in [3.8, 4) is 5.75 Å². The van der Waals surface area contributed by atoms with Crippen molar-refractivity contribution >= 4 is 11.9 Å². The van der Waals surface area contributed by atoms with E-state index >= 15 is 0 Å². The Hall–Kier alpha value is -2.62. The van der Waals surface area contributed by atoms with Crippen LogP contribution in [0.1, 0.15) is 41.3 Å². The zero-order valence-electron chi connectivity index (χ0n) is 13.8. The smallest absolute Gasteiger partial charge is 0.308 e. The molecule has 1 aliphatic rings. The maximum atomic E-state index is 12.4. The molecule has 1 aliphatic heterocycles. The molecule has 0 aliphatic carbocycles. The second-order valence-corrected chi connectivity index (χ2v) is 6.07. The van der Waals surface area contributed by atoms with E-state index in [0.29, 0.717) is 12.2 Å². The van der Waals surface area contributed by atoms with Crippen LogP contribution in [0.3, 0.4) is 0 Å². The van der Waals surface area contributed by atoms with E-state index in [2.05, 4.69) is 0 Å². The van der Waals surface area contributed by atoms with E-state index in [-0.39, 0.29) is 11.9 Å². The summed E-state index contributed by atoms with van der Waals surface area (Å²) in [6, 6.07) is 15.2. The van der Waals surface area contributed by atoms with E-state index in [9.17, 15) is 9.59 Å². The van der Waals surface area contributed by atoms with Gasteiger partial charge in [0, 0.05) is 32.0 Å². The molecule has 0 unspecified atom stereocenters.